The predicted octanol–water partition coefficient (Wildman–Crippen LogP) is 5.04. The lowest BCUT2D eigenvalue weighted by atomic mass is 10.0. The summed E-state index contributed by atoms with van der Waals surface area (Å²) < 4.78 is 44.0. The lowest BCUT2D eigenvalue weighted by molar-refractivity contribution is -0.138. The number of halogens is 3. The Morgan fingerprint density at radius 1 is 1.00 bits per heavy atom. The van der Waals surface area contributed by atoms with Gasteiger partial charge in [-0.1, -0.05) is 42.5 Å². The van der Waals surface area contributed by atoms with Gasteiger partial charge in [0.05, 0.1) is 12.0 Å². The van der Waals surface area contributed by atoms with Crippen LogP contribution in [0, 0.1) is 0 Å². The minimum atomic E-state index is -4.42. The van der Waals surface area contributed by atoms with Crippen molar-refractivity contribution in [1.82, 2.24) is 4.98 Å². The molecule has 7 heteroatoms. The number of carboxylic acid groups (broad SMARTS) is 1. The average Bonchev–Trinajstić information content (AvgIpc) is 3.04. The first-order valence-corrected chi connectivity index (χ1v) is 7.79. The van der Waals surface area contributed by atoms with Crippen LogP contribution < -0.4 is 0 Å². The molecule has 0 saturated carbocycles. The first kappa shape index (κ1) is 17.7. The third-order valence-corrected chi connectivity index (χ3v) is 3.75. The smallest absolute Gasteiger partial charge is 0.416 e. The number of aromatic nitrogens is 1. The van der Waals surface area contributed by atoms with Crippen molar-refractivity contribution >= 4 is 5.97 Å². The van der Waals surface area contributed by atoms with Crippen LogP contribution in [0.5, 0.6) is 0 Å². The maximum Gasteiger partial charge on any atom is 0.416 e. The zero-order valence-corrected chi connectivity index (χ0v) is 13.5. The number of oxazole rings is 1. The summed E-state index contributed by atoms with van der Waals surface area (Å²) in [6.45, 7) is 0. The van der Waals surface area contributed by atoms with Gasteiger partial charge in [-0.2, -0.15) is 13.2 Å². The zero-order valence-electron chi connectivity index (χ0n) is 13.5. The van der Waals surface area contributed by atoms with Crippen LogP contribution in [0.1, 0.15) is 17.9 Å². The summed E-state index contributed by atoms with van der Waals surface area (Å²) >= 11 is 0. The number of aryl methyl sites for hydroxylation is 1. The van der Waals surface area contributed by atoms with Crippen LogP contribution in [0.3, 0.4) is 0 Å². The van der Waals surface area contributed by atoms with Gasteiger partial charge >= 0.3 is 12.1 Å². The molecule has 0 aliphatic heterocycles. The molecule has 0 aliphatic carbocycles. The first-order chi connectivity index (χ1) is 12.3. The fourth-order valence-electron chi connectivity index (χ4n) is 2.48. The first-order valence-electron chi connectivity index (χ1n) is 7.79. The van der Waals surface area contributed by atoms with Crippen molar-refractivity contribution in [2.45, 2.75) is 19.0 Å². The van der Waals surface area contributed by atoms with Crippen LogP contribution in [0.15, 0.2) is 59.0 Å². The highest BCUT2D eigenvalue weighted by Crippen LogP contribution is 2.35. The summed E-state index contributed by atoms with van der Waals surface area (Å²) in [6.07, 6.45) is -4.48. The van der Waals surface area contributed by atoms with E-state index in [1.54, 1.807) is 24.3 Å². The summed E-state index contributed by atoms with van der Waals surface area (Å²) in [5, 5.41) is 8.82. The third kappa shape index (κ3) is 3.93. The fourth-order valence-corrected chi connectivity index (χ4v) is 2.48. The molecule has 0 bridgehead atoms. The Labute approximate surface area is 146 Å². The molecule has 0 spiro atoms. The molecule has 2 aromatic carbocycles. The number of carbonyl (C=O) groups is 1. The topological polar surface area (TPSA) is 63.3 Å². The van der Waals surface area contributed by atoms with E-state index in [0.29, 0.717) is 22.6 Å². The Balaban J connectivity index is 2.02. The van der Waals surface area contributed by atoms with Gasteiger partial charge in [-0.15, -0.1) is 0 Å². The Morgan fingerprint density at radius 3 is 2.23 bits per heavy atom. The van der Waals surface area contributed by atoms with Gasteiger partial charge in [0.15, 0.2) is 11.7 Å². The summed E-state index contributed by atoms with van der Waals surface area (Å²) in [7, 11) is 0. The number of nitrogens with zero attached hydrogens (tertiary/aromatic N) is 1. The molecule has 1 aromatic heterocycles. The second-order valence-electron chi connectivity index (χ2n) is 5.62. The van der Waals surface area contributed by atoms with E-state index < -0.39 is 17.7 Å². The number of carboxylic acids is 1. The molecule has 0 atom stereocenters. The van der Waals surface area contributed by atoms with Crippen molar-refractivity contribution < 1.29 is 27.5 Å². The molecule has 0 amide bonds. The molecule has 134 valence electrons. The van der Waals surface area contributed by atoms with Gasteiger partial charge in [0.2, 0.25) is 0 Å². The monoisotopic (exact) mass is 361 g/mol. The molecule has 0 unspecified atom stereocenters. The molecule has 3 aromatic rings. The van der Waals surface area contributed by atoms with Gasteiger partial charge in [0, 0.05) is 17.5 Å². The van der Waals surface area contributed by atoms with E-state index in [0.717, 1.165) is 12.1 Å². The second-order valence-corrected chi connectivity index (χ2v) is 5.62. The zero-order chi connectivity index (χ0) is 18.7. The maximum atomic E-state index is 12.8. The molecule has 0 radical (unpaired) electrons. The molecule has 1 heterocycles. The number of benzene rings is 2. The van der Waals surface area contributed by atoms with Crippen LogP contribution in [-0.4, -0.2) is 16.1 Å². The summed E-state index contributed by atoms with van der Waals surface area (Å²) in [6, 6.07) is 13.6. The van der Waals surface area contributed by atoms with Gasteiger partial charge in [-0.25, -0.2) is 4.98 Å². The molecule has 26 heavy (non-hydrogen) atoms. The van der Waals surface area contributed by atoms with Gasteiger partial charge < -0.3 is 9.52 Å². The van der Waals surface area contributed by atoms with Crippen molar-refractivity contribution in [3.63, 3.8) is 0 Å². The highest BCUT2D eigenvalue weighted by atomic mass is 19.4. The number of hydrogen-bond acceptors (Lipinski definition) is 3. The van der Waals surface area contributed by atoms with E-state index in [9.17, 15) is 18.0 Å². The minimum absolute atomic E-state index is 0.0931. The highest BCUT2D eigenvalue weighted by Gasteiger charge is 2.30. The summed E-state index contributed by atoms with van der Waals surface area (Å²) in [5.74, 6) is -0.368. The number of hydrogen-bond donors (Lipinski definition) is 1. The average molecular weight is 361 g/mol. The van der Waals surface area contributed by atoms with E-state index >= 15 is 0 Å². The minimum Gasteiger partial charge on any atom is -0.481 e. The van der Waals surface area contributed by atoms with Crippen molar-refractivity contribution in [2.75, 3.05) is 0 Å². The van der Waals surface area contributed by atoms with E-state index in [-0.39, 0.29) is 18.7 Å². The third-order valence-electron chi connectivity index (χ3n) is 3.75. The van der Waals surface area contributed by atoms with Gasteiger partial charge in [-0.3, -0.25) is 4.79 Å². The highest BCUT2D eigenvalue weighted by molar-refractivity contribution is 5.77. The molecular weight excluding hydrogens is 347 g/mol. The van der Waals surface area contributed by atoms with Crippen molar-refractivity contribution in [1.29, 1.82) is 0 Å². The van der Waals surface area contributed by atoms with E-state index in [4.69, 9.17) is 9.52 Å². The predicted molar refractivity (Wildman–Crippen MR) is 88.3 cm³/mol. The standard InChI is InChI=1S/C19H14F3NO3/c20-19(21,22)14-8-6-12(7-9-14)17-18(13-4-2-1-3-5-13)26-15(23-17)10-11-16(24)25/h1-9H,10-11H2,(H,24,25). The Morgan fingerprint density at radius 2 is 1.65 bits per heavy atom. The Hall–Kier alpha value is -3.09. The van der Waals surface area contributed by atoms with E-state index in [1.807, 2.05) is 6.07 Å². The van der Waals surface area contributed by atoms with Gasteiger partial charge in [0.25, 0.3) is 0 Å². The summed E-state index contributed by atoms with van der Waals surface area (Å²) in [4.78, 5) is 15.1. The fraction of sp³-hybridized carbons (Fsp3) is 0.158. The Bertz CT molecular complexity index is 900. The lowest BCUT2D eigenvalue weighted by Gasteiger charge is -2.07. The number of aliphatic carboxylic acids is 1. The largest absolute Gasteiger partial charge is 0.481 e. The summed E-state index contributed by atoms with van der Waals surface area (Å²) in [5.41, 5.74) is 0.793. The second kappa shape index (κ2) is 7.03. The normalized spacial score (nSPS) is 11.5. The molecular formula is C19H14F3NO3. The molecule has 3 rings (SSSR count). The number of rotatable bonds is 5. The van der Waals surface area contributed by atoms with Crippen LogP contribution in [0.2, 0.25) is 0 Å². The molecule has 4 nitrogen and oxygen atoms in total. The van der Waals surface area contributed by atoms with Crippen molar-refractivity contribution in [3.8, 4) is 22.6 Å². The molecule has 0 saturated heterocycles. The van der Waals surface area contributed by atoms with E-state index in [2.05, 4.69) is 4.98 Å². The van der Waals surface area contributed by atoms with Crippen LogP contribution in [-0.2, 0) is 17.4 Å². The molecule has 0 aliphatic rings. The lowest BCUT2D eigenvalue weighted by Crippen LogP contribution is -2.04. The Kier molecular flexibility index (Phi) is 4.79. The molecule has 0 fully saturated rings. The quantitative estimate of drug-likeness (QED) is 0.691. The van der Waals surface area contributed by atoms with E-state index in [1.165, 1.54) is 12.1 Å². The van der Waals surface area contributed by atoms with Gasteiger partial charge in [-0.05, 0) is 12.1 Å². The SMILES string of the molecule is O=C(O)CCc1nc(-c2ccc(C(F)(F)F)cc2)c(-c2ccccc2)o1. The van der Waals surface area contributed by atoms with Crippen LogP contribution in [0.4, 0.5) is 13.2 Å². The van der Waals surface area contributed by atoms with Crippen molar-refractivity contribution in [2.24, 2.45) is 0 Å². The van der Waals surface area contributed by atoms with Crippen LogP contribution in [0.25, 0.3) is 22.6 Å². The van der Waals surface area contributed by atoms with Crippen molar-refractivity contribution in [3.05, 3.63) is 66.1 Å². The maximum absolute atomic E-state index is 12.8. The number of alkyl halides is 3. The molecule has 1 N–H and O–H groups in total. The van der Waals surface area contributed by atoms with Gasteiger partial charge in [0.1, 0.15) is 5.69 Å². The van der Waals surface area contributed by atoms with Crippen LogP contribution >= 0.6 is 0 Å².